The number of unbranched alkanes of at least 4 members (excludes halogenated alkanes) is 1. The lowest BCUT2D eigenvalue weighted by Crippen LogP contribution is -2.26. The highest BCUT2D eigenvalue weighted by atomic mass is 16.5. The van der Waals surface area contributed by atoms with E-state index in [1.165, 1.54) is 30.1 Å². The molecule has 0 amide bonds. The summed E-state index contributed by atoms with van der Waals surface area (Å²) in [4.78, 5) is 4.91. The van der Waals surface area contributed by atoms with Crippen molar-refractivity contribution in [1.29, 1.82) is 0 Å². The number of nitrogens with zero attached hydrogens (tertiary/aromatic N) is 2. The second kappa shape index (κ2) is 7.41. The van der Waals surface area contributed by atoms with Gasteiger partial charge in [0.25, 0.3) is 0 Å². The van der Waals surface area contributed by atoms with Crippen molar-refractivity contribution in [3.8, 4) is 0 Å². The average Bonchev–Trinajstić information content (AvgIpc) is 2.82. The Bertz CT molecular complexity index is 446. The van der Waals surface area contributed by atoms with E-state index < -0.39 is 0 Å². The quantitative estimate of drug-likeness (QED) is 0.785. The monoisotopic (exact) mass is 293 g/mol. The summed E-state index contributed by atoms with van der Waals surface area (Å²) < 4.78 is 8.15. The number of aromatic nitrogens is 2. The lowest BCUT2D eigenvalue weighted by Gasteiger charge is -2.22. The molecule has 2 heterocycles. The van der Waals surface area contributed by atoms with Gasteiger partial charge in [0.05, 0.1) is 5.69 Å². The topological polar surface area (TPSA) is 39.1 Å². The summed E-state index contributed by atoms with van der Waals surface area (Å²) in [5.74, 6) is 1.23. The first-order valence-corrected chi connectivity index (χ1v) is 8.41. The van der Waals surface area contributed by atoms with Gasteiger partial charge in [0.2, 0.25) is 0 Å². The predicted molar refractivity (Wildman–Crippen MR) is 86.7 cm³/mol. The molecule has 2 rings (SSSR count). The molecule has 0 radical (unpaired) electrons. The third-order valence-electron chi connectivity index (χ3n) is 3.97. The van der Waals surface area contributed by atoms with Crippen molar-refractivity contribution in [2.24, 2.45) is 0 Å². The Balaban J connectivity index is 2.01. The van der Waals surface area contributed by atoms with Crippen molar-refractivity contribution < 1.29 is 4.74 Å². The second-order valence-electron chi connectivity index (χ2n) is 6.98. The number of nitrogens with one attached hydrogen (secondary N) is 1. The Morgan fingerprint density at radius 3 is 2.71 bits per heavy atom. The number of hydrogen-bond acceptors (Lipinski definition) is 3. The molecule has 4 nitrogen and oxygen atoms in total. The van der Waals surface area contributed by atoms with E-state index in [-0.39, 0.29) is 5.41 Å². The molecular formula is C17H31N3O. The number of imidazole rings is 1. The molecule has 1 aliphatic rings. The van der Waals surface area contributed by atoms with E-state index in [9.17, 15) is 0 Å². The Hall–Kier alpha value is -0.870. The fourth-order valence-corrected chi connectivity index (χ4v) is 2.86. The highest BCUT2D eigenvalue weighted by Crippen LogP contribution is 2.26. The number of fused-ring (bicyclic) bond motifs is 1. The molecule has 0 spiro atoms. The van der Waals surface area contributed by atoms with Crippen molar-refractivity contribution in [2.45, 2.75) is 71.9 Å². The zero-order valence-electron chi connectivity index (χ0n) is 14.2. The molecule has 1 aromatic rings. The van der Waals surface area contributed by atoms with E-state index >= 15 is 0 Å². The van der Waals surface area contributed by atoms with Crippen molar-refractivity contribution >= 4 is 0 Å². The summed E-state index contributed by atoms with van der Waals surface area (Å²) in [6.07, 6.45) is 4.54. The Morgan fingerprint density at radius 2 is 2.00 bits per heavy atom. The maximum atomic E-state index is 5.70. The fourth-order valence-electron chi connectivity index (χ4n) is 2.86. The zero-order chi connectivity index (χ0) is 15.3. The van der Waals surface area contributed by atoms with Crippen LogP contribution >= 0.6 is 0 Å². The zero-order valence-corrected chi connectivity index (χ0v) is 14.2. The van der Waals surface area contributed by atoms with E-state index in [1.807, 2.05) is 0 Å². The molecule has 4 heteroatoms. The maximum Gasteiger partial charge on any atom is 0.114 e. The van der Waals surface area contributed by atoms with Gasteiger partial charge in [-0.3, -0.25) is 0 Å². The largest absolute Gasteiger partial charge is 0.381 e. The molecule has 0 fully saturated rings. The summed E-state index contributed by atoms with van der Waals surface area (Å²) in [6.45, 7) is 13.7. The van der Waals surface area contributed by atoms with Crippen molar-refractivity contribution in [1.82, 2.24) is 14.9 Å². The van der Waals surface area contributed by atoms with Gasteiger partial charge < -0.3 is 14.6 Å². The first-order chi connectivity index (χ1) is 10.0. The highest BCUT2D eigenvalue weighted by molar-refractivity contribution is 5.23. The molecule has 0 saturated heterocycles. The lowest BCUT2D eigenvalue weighted by atomic mass is 9.95. The SMILES string of the molecule is CCCCOCCCn1c(C(C)(C)C)nc2c1CCNC2. The molecule has 21 heavy (non-hydrogen) atoms. The Kier molecular flexibility index (Phi) is 5.82. The van der Waals surface area contributed by atoms with Gasteiger partial charge in [-0.05, 0) is 12.8 Å². The molecule has 1 N–H and O–H groups in total. The smallest absolute Gasteiger partial charge is 0.114 e. The van der Waals surface area contributed by atoms with Crippen LogP contribution in [0.25, 0.3) is 0 Å². The summed E-state index contributed by atoms with van der Waals surface area (Å²) in [7, 11) is 0. The lowest BCUT2D eigenvalue weighted by molar-refractivity contribution is 0.125. The van der Waals surface area contributed by atoms with Gasteiger partial charge in [-0.1, -0.05) is 34.1 Å². The van der Waals surface area contributed by atoms with Gasteiger partial charge in [-0.25, -0.2) is 4.98 Å². The van der Waals surface area contributed by atoms with E-state index in [0.717, 1.165) is 45.7 Å². The Morgan fingerprint density at radius 1 is 1.24 bits per heavy atom. The number of ether oxygens (including phenoxy) is 1. The van der Waals surface area contributed by atoms with Crippen molar-refractivity contribution in [3.63, 3.8) is 0 Å². The van der Waals surface area contributed by atoms with Crippen LogP contribution in [-0.2, 0) is 29.7 Å². The second-order valence-corrected chi connectivity index (χ2v) is 6.98. The third kappa shape index (κ3) is 4.30. The molecule has 120 valence electrons. The molecule has 0 atom stereocenters. The molecule has 0 aliphatic carbocycles. The third-order valence-corrected chi connectivity index (χ3v) is 3.97. The van der Waals surface area contributed by atoms with Gasteiger partial charge in [0.1, 0.15) is 5.82 Å². The van der Waals surface area contributed by atoms with Crippen LogP contribution in [0.2, 0.25) is 0 Å². The number of hydrogen-bond donors (Lipinski definition) is 1. The minimum absolute atomic E-state index is 0.0976. The van der Waals surface area contributed by atoms with Crippen LogP contribution in [0.5, 0.6) is 0 Å². The van der Waals surface area contributed by atoms with Crippen LogP contribution in [-0.4, -0.2) is 29.3 Å². The van der Waals surface area contributed by atoms with Gasteiger partial charge in [-0.2, -0.15) is 0 Å². The van der Waals surface area contributed by atoms with Crippen LogP contribution < -0.4 is 5.32 Å². The van der Waals surface area contributed by atoms with E-state index in [4.69, 9.17) is 9.72 Å². The summed E-state index contributed by atoms with van der Waals surface area (Å²) in [5, 5.41) is 3.42. The van der Waals surface area contributed by atoms with E-state index in [2.05, 4.69) is 37.6 Å². The predicted octanol–water partition coefficient (Wildman–Crippen LogP) is 3.03. The summed E-state index contributed by atoms with van der Waals surface area (Å²) in [6, 6.07) is 0. The summed E-state index contributed by atoms with van der Waals surface area (Å²) >= 11 is 0. The molecule has 0 unspecified atom stereocenters. The summed E-state index contributed by atoms with van der Waals surface area (Å²) in [5.41, 5.74) is 2.78. The number of rotatable bonds is 7. The van der Waals surface area contributed by atoms with Crippen LogP contribution in [0, 0.1) is 0 Å². The molecule has 0 saturated carbocycles. The minimum Gasteiger partial charge on any atom is -0.381 e. The average molecular weight is 293 g/mol. The van der Waals surface area contributed by atoms with Crippen LogP contribution in [0.1, 0.15) is 64.2 Å². The first kappa shape index (κ1) is 16.5. The van der Waals surface area contributed by atoms with E-state index in [0.29, 0.717) is 0 Å². The molecular weight excluding hydrogens is 262 g/mol. The van der Waals surface area contributed by atoms with Crippen molar-refractivity contribution in [3.05, 3.63) is 17.2 Å². The standard InChI is InChI=1S/C17H31N3O/c1-5-6-11-21-12-7-10-20-15-8-9-18-13-14(15)19-16(20)17(2,3)4/h18H,5-13H2,1-4H3. The van der Waals surface area contributed by atoms with Crippen LogP contribution in [0.3, 0.4) is 0 Å². The van der Waals surface area contributed by atoms with Crippen LogP contribution in [0.4, 0.5) is 0 Å². The maximum absolute atomic E-state index is 5.70. The molecule has 1 aliphatic heterocycles. The molecule has 0 aromatic carbocycles. The minimum atomic E-state index is 0.0976. The normalized spacial score (nSPS) is 15.2. The van der Waals surface area contributed by atoms with Gasteiger partial charge in [0, 0.05) is 50.4 Å². The first-order valence-electron chi connectivity index (χ1n) is 8.41. The van der Waals surface area contributed by atoms with E-state index in [1.54, 1.807) is 0 Å². The molecule has 1 aromatic heterocycles. The van der Waals surface area contributed by atoms with Gasteiger partial charge >= 0.3 is 0 Å². The van der Waals surface area contributed by atoms with Crippen LogP contribution in [0.15, 0.2) is 0 Å². The fraction of sp³-hybridized carbons (Fsp3) is 0.824. The van der Waals surface area contributed by atoms with Crippen molar-refractivity contribution in [2.75, 3.05) is 19.8 Å². The van der Waals surface area contributed by atoms with Gasteiger partial charge in [-0.15, -0.1) is 0 Å². The van der Waals surface area contributed by atoms with Gasteiger partial charge in [0.15, 0.2) is 0 Å². The Labute approximate surface area is 129 Å². The molecule has 0 bridgehead atoms. The highest BCUT2D eigenvalue weighted by Gasteiger charge is 2.26.